The van der Waals surface area contributed by atoms with Crippen LogP contribution in [0, 0.1) is 13.8 Å². The molecular weight excluding hydrogens is 392 g/mol. The van der Waals surface area contributed by atoms with Crippen LogP contribution in [0.1, 0.15) is 38.9 Å². The molecule has 0 saturated heterocycles. The fourth-order valence-corrected chi connectivity index (χ4v) is 4.62. The van der Waals surface area contributed by atoms with E-state index < -0.39 is 0 Å². The van der Waals surface area contributed by atoms with Gasteiger partial charge >= 0.3 is 0 Å². The lowest BCUT2D eigenvalue weighted by Gasteiger charge is -2.25. The first-order valence-electron chi connectivity index (χ1n) is 9.86. The third-order valence-electron chi connectivity index (χ3n) is 5.27. The van der Waals surface area contributed by atoms with Crippen LogP contribution in [0.25, 0.3) is 16.9 Å². The molecule has 0 saturated carbocycles. The van der Waals surface area contributed by atoms with E-state index in [1.807, 2.05) is 81.0 Å². The normalized spacial score (nSPS) is 12.0. The highest BCUT2D eigenvalue weighted by atomic mass is 32.1. The second-order valence-electron chi connectivity index (χ2n) is 7.32. The number of amides is 1. The number of thiazole rings is 1. The average molecular weight is 417 g/mol. The van der Waals surface area contributed by atoms with E-state index in [0.717, 1.165) is 32.5 Å². The van der Waals surface area contributed by atoms with Gasteiger partial charge in [0.1, 0.15) is 0 Å². The predicted octanol–water partition coefficient (Wildman–Crippen LogP) is 5.45. The number of carbonyl (C=O) groups excluding carboxylic acids is 1. The lowest BCUT2D eigenvalue weighted by atomic mass is 10.1. The standard InChI is InChI=1S/C24H24N4OS/c1-16-23(30-18(3)26-16)17(2)27(4)24(29)20-11-8-12-21(15-20)28-22(13-14-25-28)19-9-6-5-7-10-19/h5-15,17H,1-4H3. The summed E-state index contributed by atoms with van der Waals surface area (Å²) in [5.74, 6) is -0.0248. The summed E-state index contributed by atoms with van der Waals surface area (Å²) in [5.41, 5.74) is 4.54. The van der Waals surface area contributed by atoms with Gasteiger partial charge in [0.25, 0.3) is 5.91 Å². The van der Waals surface area contributed by atoms with Crippen molar-refractivity contribution in [2.24, 2.45) is 0 Å². The number of carbonyl (C=O) groups is 1. The van der Waals surface area contributed by atoms with Crippen molar-refractivity contribution in [3.8, 4) is 16.9 Å². The van der Waals surface area contributed by atoms with Gasteiger partial charge in [-0.2, -0.15) is 5.10 Å². The second-order valence-corrected chi connectivity index (χ2v) is 8.55. The maximum atomic E-state index is 13.2. The van der Waals surface area contributed by atoms with Crippen LogP contribution in [0.5, 0.6) is 0 Å². The van der Waals surface area contributed by atoms with E-state index >= 15 is 0 Å². The van der Waals surface area contributed by atoms with Crippen molar-refractivity contribution in [1.82, 2.24) is 19.7 Å². The van der Waals surface area contributed by atoms with Gasteiger partial charge in [-0.05, 0) is 45.0 Å². The van der Waals surface area contributed by atoms with E-state index in [1.165, 1.54) is 0 Å². The van der Waals surface area contributed by atoms with E-state index in [4.69, 9.17) is 0 Å². The number of hydrogen-bond acceptors (Lipinski definition) is 4. The van der Waals surface area contributed by atoms with Crippen molar-refractivity contribution in [1.29, 1.82) is 0 Å². The highest BCUT2D eigenvalue weighted by molar-refractivity contribution is 7.11. The summed E-state index contributed by atoms with van der Waals surface area (Å²) >= 11 is 1.65. The zero-order chi connectivity index (χ0) is 21.3. The molecule has 4 rings (SSSR count). The number of aryl methyl sites for hydroxylation is 2. The summed E-state index contributed by atoms with van der Waals surface area (Å²) in [6, 6.07) is 19.7. The Kier molecular flexibility index (Phi) is 5.50. The number of rotatable bonds is 5. The summed E-state index contributed by atoms with van der Waals surface area (Å²) in [5, 5.41) is 5.51. The third-order valence-corrected chi connectivity index (χ3v) is 6.51. The van der Waals surface area contributed by atoms with Gasteiger partial charge in [0.05, 0.1) is 34.3 Å². The van der Waals surface area contributed by atoms with E-state index in [9.17, 15) is 4.79 Å². The van der Waals surface area contributed by atoms with Crippen molar-refractivity contribution >= 4 is 17.2 Å². The molecule has 0 spiro atoms. The van der Waals surface area contributed by atoms with E-state index in [2.05, 4.69) is 22.2 Å². The van der Waals surface area contributed by atoms with Crippen LogP contribution >= 0.6 is 11.3 Å². The first-order valence-corrected chi connectivity index (χ1v) is 10.7. The predicted molar refractivity (Wildman–Crippen MR) is 121 cm³/mol. The first-order chi connectivity index (χ1) is 14.5. The molecule has 0 fully saturated rings. The molecule has 0 bridgehead atoms. The number of benzene rings is 2. The minimum absolute atomic E-state index is 0.0248. The van der Waals surface area contributed by atoms with Gasteiger partial charge in [-0.25, -0.2) is 9.67 Å². The van der Waals surface area contributed by atoms with Gasteiger partial charge in [0.15, 0.2) is 0 Å². The quantitative estimate of drug-likeness (QED) is 0.435. The molecule has 2 heterocycles. The Labute approximate surface area is 180 Å². The minimum atomic E-state index is -0.0445. The number of aromatic nitrogens is 3. The lowest BCUT2D eigenvalue weighted by Crippen LogP contribution is -2.29. The third kappa shape index (κ3) is 3.78. The smallest absolute Gasteiger partial charge is 0.254 e. The molecule has 0 aliphatic carbocycles. The van der Waals surface area contributed by atoms with Crippen LogP contribution in [0.3, 0.4) is 0 Å². The highest BCUT2D eigenvalue weighted by Gasteiger charge is 2.23. The fourth-order valence-electron chi connectivity index (χ4n) is 3.60. The van der Waals surface area contributed by atoms with Gasteiger partial charge in [-0.1, -0.05) is 36.4 Å². The molecule has 152 valence electrons. The van der Waals surface area contributed by atoms with E-state index in [0.29, 0.717) is 5.56 Å². The zero-order valence-corrected chi connectivity index (χ0v) is 18.4. The summed E-state index contributed by atoms with van der Waals surface area (Å²) in [6.07, 6.45) is 1.78. The molecule has 1 unspecified atom stereocenters. The zero-order valence-electron chi connectivity index (χ0n) is 17.5. The molecule has 0 aliphatic heterocycles. The van der Waals surface area contributed by atoms with Crippen LogP contribution in [0.2, 0.25) is 0 Å². The molecule has 2 aromatic heterocycles. The molecule has 2 aromatic carbocycles. The Bertz CT molecular complexity index is 1180. The molecule has 1 atom stereocenters. The van der Waals surface area contributed by atoms with Crippen LogP contribution in [-0.4, -0.2) is 32.6 Å². The molecule has 0 N–H and O–H groups in total. The molecule has 0 aliphatic rings. The Morgan fingerprint density at radius 3 is 2.53 bits per heavy atom. The minimum Gasteiger partial charge on any atom is -0.334 e. The first kappa shape index (κ1) is 20.0. The Morgan fingerprint density at radius 2 is 1.83 bits per heavy atom. The van der Waals surface area contributed by atoms with Crippen molar-refractivity contribution in [3.05, 3.63) is 88.0 Å². The van der Waals surface area contributed by atoms with E-state index in [-0.39, 0.29) is 11.9 Å². The van der Waals surface area contributed by atoms with Gasteiger partial charge < -0.3 is 4.90 Å². The molecular formula is C24H24N4OS. The van der Waals surface area contributed by atoms with E-state index in [1.54, 1.807) is 22.4 Å². The Balaban J connectivity index is 1.64. The number of nitrogens with zero attached hydrogens (tertiary/aromatic N) is 4. The van der Waals surface area contributed by atoms with Crippen LogP contribution in [0.15, 0.2) is 66.9 Å². The Hall–Kier alpha value is -3.25. The largest absolute Gasteiger partial charge is 0.334 e. The second kappa shape index (κ2) is 8.24. The fraction of sp³-hybridized carbons (Fsp3) is 0.208. The molecule has 6 heteroatoms. The molecule has 5 nitrogen and oxygen atoms in total. The van der Waals surface area contributed by atoms with Gasteiger partial charge in [0, 0.05) is 23.1 Å². The monoisotopic (exact) mass is 416 g/mol. The summed E-state index contributed by atoms with van der Waals surface area (Å²) in [6.45, 7) is 6.04. The van der Waals surface area contributed by atoms with Crippen LogP contribution in [0.4, 0.5) is 0 Å². The van der Waals surface area contributed by atoms with Crippen molar-refractivity contribution in [2.45, 2.75) is 26.8 Å². The topological polar surface area (TPSA) is 51.0 Å². The molecule has 4 aromatic rings. The molecule has 0 radical (unpaired) electrons. The van der Waals surface area contributed by atoms with Gasteiger partial charge in [-0.15, -0.1) is 11.3 Å². The maximum Gasteiger partial charge on any atom is 0.254 e. The SMILES string of the molecule is Cc1nc(C)c(C(C)N(C)C(=O)c2cccc(-n3nccc3-c3ccccc3)c2)s1. The van der Waals surface area contributed by atoms with Gasteiger partial charge in [0.2, 0.25) is 0 Å². The highest BCUT2D eigenvalue weighted by Crippen LogP contribution is 2.29. The summed E-state index contributed by atoms with van der Waals surface area (Å²) in [4.78, 5) is 20.6. The Morgan fingerprint density at radius 1 is 1.07 bits per heavy atom. The molecule has 30 heavy (non-hydrogen) atoms. The van der Waals surface area contributed by atoms with Gasteiger partial charge in [-0.3, -0.25) is 4.79 Å². The van der Waals surface area contributed by atoms with Crippen molar-refractivity contribution in [3.63, 3.8) is 0 Å². The maximum absolute atomic E-state index is 13.2. The number of hydrogen-bond donors (Lipinski definition) is 0. The van der Waals surface area contributed by atoms with Crippen LogP contribution in [-0.2, 0) is 0 Å². The summed E-state index contributed by atoms with van der Waals surface area (Å²) < 4.78 is 1.87. The van der Waals surface area contributed by atoms with Crippen molar-refractivity contribution < 1.29 is 4.79 Å². The summed E-state index contributed by atoms with van der Waals surface area (Å²) in [7, 11) is 1.84. The molecule has 1 amide bonds. The lowest BCUT2D eigenvalue weighted by molar-refractivity contribution is 0.0744. The van der Waals surface area contributed by atoms with Crippen LogP contribution < -0.4 is 0 Å². The average Bonchev–Trinajstić information content (AvgIpc) is 3.39. The van der Waals surface area contributed by atoms with Crippen molar-refractivity contribution in [2.75, 3.05) is 7.05 Å².